The molecule has 5 aromatic rings. The van der Waals surface area contributed by atoms with Crippen LogP contribution in [0.25, 0.3) is 22.8 Å². The van der Waals surface area contributed by atoms with Gasteiger partial charge in [-0.3, -0.25) is 9.97 Å². The van der Waals surface area contributed by atoms with E-state index in [1.807, 2.05) is 79.7 Å². The molecule has 0 unspecified atom stereocenters. The Hall–Kier alpha value is -4.73. The van der Waals surface area contributed by atoms with Crippen molar-refractivity contribution in [3.05, 3.63) is 130 Å². The highest BCUT2D eigenvalue weighted by Gasteiger charge is 2.18. The maximum atomic E-state index is 12.5. The lowest BCUT2D eigenvalue weighted by Crippen LogP contribution is -2.15. The first kappa shape index (κ1) is 24.0. The molecule has 0 radical (unpaired) electrons. The summed E-state index contributed by atoms with van der Waals surface area (Å²) in [4.78, 5) is 28.3. The summed E-state index contributed by atoms with van der Waals surface area (Å²) in [5.74, 6) is 7.27. The van der Waals surface area contributed by atoms with Crippen LogP contribution in [0, 0.1) is 11.8 Å². The van der Waals surface area contributed by atoms with E-state index in [2.05, 4.69) is 31.8 Å². The highest BCUT2D eigenvalue weighted by atomic mass is 35.5. The molecule has 0 spiro atoms. The van der Waals surface area contributed by atoms with Gasteiger partial charge >= 0.3 is 5.69 Å². The summed E-state index contributed by atoms with van der Waals surface area (Å²) in [7, 11) is 0. The van der Waals surface area contributed by atoms with Gasteiger partial charge < -0.3 is 4.74 Å². The van der Waals surface area contributed by atoms with Gasteiger partial charge in [-0.15, -0.1) is 0 Å². The van der Waals surface area contributed by atoms with E-state index in [0.29, 0.717) is 21.9 Å². The van der Waals surface area contributed by atoms with E-state index in [1.54, 1.807) is 24.4 Å². The van der Waals surface area contributed by atoms with Gasteiger partial charge in [0, 0.05) is 22.9 Å². The number of hydrogen-bond acceptors (Lipinski definition) is 5. The standard InChI is InChI=1S/C30H21ClN4O2/c1-20(25-11-5-6-19-32-25)37-26-12-7-10-24(31)27(26)29-33-28(34-30(36)35-29)23-17-15-22(16-18-23)14-13-21-8-3-2-4-9-21/h2-12,15-20H,1H3,(H,33,34,35,36)/t20-/m0/s1. The molecule has 6 nitrogen and oxygen atoms in total. The fourth-order valence-electron chi connectivity index (χ4n) is 3.70. The Morgan fingerprint density at radius 2 is 1.57 bits per heavy atom. The van der Waals surface area contributed by atoms with Crippen molar-refractivity contribution in [1.29, 1.82) is 0 Å². The van der Waals surface area contributed by atoms with E-state index in [-0.39, 0.29) is 17.8 Å². The molecule has 0 amide bonds. The van der Waals surface area contributed by atoms with Crippen LogP contribution >= 0.6 is 11.6 Å². The molecular formula is C30H21ClN4O2. The third-order valence-electron chi connectivity index (χ3n) is 5.54. The summed E-state index contributed by atoms with van der Waals surface area (Å²) in [5.41, 5.74) is 3.14. The first-order valence-electron chi connectivity index (χ1n) is 11.6. The van der Waals surface area contributed by atoms with Gasteiger partial charge in [-0.1, -0.05) is 53.8 Å². The number of aromatic amines is 1. The second-order valence-electron chi connectivity index (χ2n) is 8.15. The molecule has 0 saturated heterocycles. The molecule has 1 atom stereocenters. The number of nitrogens with one attached hydrogen (secondary N) is 1. The first-order chi connectivity index (χ1) is 18.1. The zero-order valence-corrected chi connectivity index (χ0v) is 20.6. The number of benzene rings is 3. The van der Waals surface area contributed by atoms with Crippen LogP contribution in [0.2, 0.25) is 5.02 Å². The number of halogens is 1. The fraction of sp³-hybridized carbons (Fsp3) is 0.0667. The molecule has 7 heteroatoms. The van der Waals surface area contributed by atoms with E-state index in [0.717, 1.165) is 16.8 Å². The van der Waals surface area contributed by atoms with Crippen LogP contribution in [0.15, 0.2) is 102 Å². The Bertz CT molecular complexity index is 1640. The second-order valence-corrected chi connectivity index (χ2v) is 8.55. The monoisotopic (exact) mass is 504 g/mol. The number of hydrogen-bond donors (Lipinski definition) is 1. The summed E-state index contributed by atoms with van der Waals surface area (Å²) in [6, 6.07) is 28.1. The van der Waals surface area contributed by atoms with E-state index < -0.39 is 5.69 Å². The fourth-order valence-corrected chi connectivity index (χ4v) is 3.96. The Labute approximate surface area is 219 Å². The largest absolute Gasteiger partial charge is 0.484 e. The van der Waals surface area contributed by atoms with Crippen molar-refractivity contribution >= 4 is 11.6 Å². The Morgan fingerprint density at radius 1 is 0.838 bits per heavy atom. The van der Waals surface area contributed by atoms with Crippen LogP contribution in [-0.2, 0) is 0 Å². The van der Waals surface area contributed by atoms with Crippen molar-refractivity contribution < 1.29 is 4.74 Å². The lowest BCUT2D eigenvalue weighted by molar-refractivity contribution is 0.223. The third kappa shape index (κ3) is 5.75. The van der Waals surface area contributed by atoms with Gasteiger partial charge in [0.25, 0.3) is 0 Å². The first-order valence-corrected chi connectivity index (χ1v) is 12.0. The summed E-state index contributed by atoms with van der Waals surface area (Å²) < 4.78 is 6.19. The lowest BCUT2D eigenvalue weighted by atomic mass is 10.1. The molecule has 0 bridgehead atoms. The Balaban J connectivity index is 1.46. The van der Waals surface area contributed by atoms with Crippen LogP contribution in [0.1, 0.15) is 29.8 Å². The Kier molecular flexibility index (Phi) is 7.07. The van der Waals surface area contributed by atoms with Crippen molar-refractivity contribution in [1.82, 2.24) is 19.9 Å². The zero-order chi connectivity index (χ0) is 25.6. The third-order valence-corrected chi connectivity index (χ3v) is 5.85. The molecule has 0 aliphatic rings. The summed E-state index contributed by atoms with van der Waals surface area (Å²) in [5, 5.41) is 0.387. The molecule has 2 heterocycles. The highest BCUT2D eigenvalue weighted by molar-refractivity contribution is 6.33. The van der Waals surface area contributed by atoms with Crippen molar-refractivity contribution in [2.75, 3.05) is 0 Å². The van der Waals surface area contributed by atoms with Gasteiger partial charge in [0.05, 0.1) is 16.3 Å². The van der Waals surface area contributed by atoms with Crippen LogP contribution in [0.3, 0.4) is 0 Å². The second kappa shape index (κ2) is 10.9. The number of ether oxygens (including phenoxy) is 1. The summed E-state index contributed by atoms with van der Waals surface area (Å²) in [6.45, 7) is 1.89. The lowest BCUT2D eigenvalue weighted by Gasteiger charge is -2.17. The molecule has 1 N–H and O–H groups in total. The quantitative estimate of drug-likeness (QED) is 0.293. The molecule has 180 valence electrons. The van der Waals surface area contributed by atoms with E-state index in [9.17, 15) is 4.79 Å². The molecule has 3 aromatic carbocycles. The average molecular weight is 505 g/mol. The molecule has 0 saturated carbocycles. The minimum absolute atomic E-state index is 0.261. The van der Waals surface area contributed by atoms with Crippen LogP contribution in [0.4, 0.5) is 0 Å². The van der Waals surface area contributed by atoms with Crippen molar-refractivity contribution in [3.63, 3.8) is 0 Å². The molecule has 2 aromatic heterocycles. The van der Waals surface area contributed by atoms with Crippen LogP contribution in [0.5, 0.6) is 5.75 Å². The zero-order valence-electron chi connectivity index (χ0n) is 19.9. The topological polar surface area (TPSA) is 80.8 Å². The number of pyridine rings is 1. The molecule has 0 fully saturated rings. The number of H-pyrrole nitrogens is 1. The van der Waals surface area contributed by atoms with Crippen molar-refractivity contribution in [2.45, 2.75) is 13.0 Å². The van der Waals surface area contributed by atoms with Gasteiger partial charge in [-0.05, 0) is 67.6 Å². The van der Waals surface area contributed by atoms with E-state index in [1.165, 1.54) is 0 Å². The molecule has 0 aliphatic carbocycles. The molecular weight excluding hydrogens is 484 g/mol. The average Bonchev–Trinajstić information content (AvgIpc) is 2.93. The SMILES string of the molecule is C[C@H](Oc1cccc(Cl)c1-c1nc(-c2ccc(C#Cc3ccccc3)cc2)nc(=O)[nH]1)c1ccccn1. The minimum atomic E-state index is -0.545. The Morgan fingerprint density at radius 3 is 2.30 bits per heavy atom. The normalized spacial score (nSPS) is 11.3. The predicted molar refractivity (Wildman–Crippen MR) is 144 cm³/mol. The summed E-state index contributed by atoms with van der Waals surface area (Å²) >= 11 is 6.56. The maximum Gasteiger partial charge on any atom is 0.348 e. The van der Waals surface area contributed by atoms with Gasteiger partial charge in [0.15, 0.2) is 5.82 Å². The summed E-state index contributed by atoms with van der Waals surface area (Å²) in [6.07, 6.45) is 1.36. The van der Waals surface area contributed by atoms with Gasteiger partial charge in [0.1, 0.15) is 17.7 Å². The predicted octanol–water partition coefficient (Wildman–Crippen LogP) is 6.09. The van der Waals surface area contributed by atoms with Gasteiger partial charge in [-0.2, -0.15) is 4.98 Å². The maximum absolute atomic E-state index is 12.5. The van der Waals surface area contributed by atoms with Crippen LogP contribution in [-0.4, -0.2) is 19.9 Å². The van der Waals surface area contributed by atoms with Crippen LogP contribution < -0.4 is 10.4 Å². The number of nitrogens with zero attached hydrogens (tertiary/aromatic N) is 3. The van der Waals surface area contributed by atoms with E-state index >= 15 is 0 Å². The molecule has 5 rings (SSSR count). The molecule has 0 aliphatic heterocycles. The van der Waals surface area contributed by atoms with Crippen molar-refractivity contribution in [3.8, 4) is 40.4 Å². The van der Waals surface area contributed by atoms with Gasteiger partial charge in [-0.25, -0.2) is 9.78 Å². The van der Waals surface area contributed by atoms with Crippen molar-refractivity contribution in [2.24, 2.45) is 0 Å². The number of aromatic nitrogens is 4. The molecule has 37 heavy (non-hydrogen) atoms. The number of rotatable bonds is 5. The van der Waals surface area contributed by atoms with Gasteiger partial charge in [0.2, 0.25) is 0 Å². The van der Waals surface area contributed by atoms with E-state index in [4.69, 9.17) is 16.3 Å². The smallest absolute Gasteiger partial charge is 0.348 e. The highest BCUT2D eigenvalue weighted by Crippen LogP contribution is 2.36. The minimum Gasteiger partial charge on any atom is -0.484 e.